The molecule has 0 amide bonds. The number of pyridine rings is 1. The number of rotatable bonds is 3. The van der Waals surface area contributed by atoms with Crippen molar-refractivity contribution < 1.29 is 36.6 Å². The molecule has 1 aromatic heterocycles. The van der Waals surface area contributed by atoms with Crippen molar-refractivity contribution in [1.29, 1.82) is 5.26 Å². The van der Waals surface area contributed by atoms with E-state index >= 15 is 0 Å². The first-order valence-corrected chi connectivity index (χ1v) is 4.37. The predicted octanol–water partition coefficient (Wildman–Crippen LogP) is 2.49. The van der Waals surface area contributed by atoms with E-state index in [1.807, 2.05) is 0 Å². The molecular weight excluding hydrogens is 279 g/mol. The molecule has 0 spiro atoms. The van der Waals surface area contributed by atoms with Crippen LogP contribution in [0.2, 0.25) is 0 Å². The van der Waals surface area contributed by atoms with Crippen molar-refractivity contribution in [3.8, 4) is 11.8 Å². The van der Waals surface area contributed by atoms with Crippen LogP contribution >= 0.6 is 0 Å². The molecule has 1 heterocycles. The molecule has 1 N–H and O–H groups in total. The zero-order chi connectivity index (χ0) is 14.8. The Morgan fingerprint density at radius 1 is 1.47 bits per heavy atom. The van der Waals surface area contributed by atoms with E-state index in [-0.39, 0.29) is 0 Å². The Labute approximate surface area is 101 Å². The van der Waals surface area contributed by atoms with Crippen LogP contribution in [-0.2, 0) is 0 Å². The first-order chi connectivity index (χ1) is 8.67. The van der Waals surface area contributed by atoms with Crippen LogP contribution in [-0.4, -0.2) is 22.4 Å². The van der Waals surface area contributed by atoms with Crippen molar-refractivity contribution in [3.63, 3.8) is 0 Å². The molecule has 0 aliphatic heterocycles. The summed E-state index contributed by atoms with van der Waals surface area (Å²) in [4.78, 5) is 13.7. The van der Waals surface area contributed by atoms with Crippen LogP contribution in [0.3, 0.4) is 0 Å². The summed E-state index contributed by atoms with van der Waals surface area (Å²) < 4.78 is 64.9. The Morgan fingerprint density at radius 2 is 2.05 bits per heavy atom. The van der Waals surface area contributed by atoms with Gasteiger partial charge in [0.1, 0.15) is 6.07 Å². The van der Waals surface area contributed by atoms with Crippen LogP contribution < -0.4 is 4.74 Å². The molecule has 0 unspecified atom stereocenters. The lowest BCUT2D eigenvalue weighted by Crippen LogP contribution is -2.21. The minimum absolute atomic E-state index is 0.367. The highest BCUT2D eigenvalue weighted by Gasteiger charge is 2.37. The minimum atomic E-state index is -5.37. The lowest BCUT2D eigenvalue weighted by molar-refractivity contribution is -0.275. The van der Waals surface area contributed by atoms with Crippen molar-refractivity contribution in [3.05, 3.63) is 23.0 Å². The molecule has 19 heavy (non-hydrogen) atoms. The maximum atomic E-state index is 12.7. The highest BCUT2D eigenvalue weighted by Crippen LogP contribution is 2.37. The van der Waals surface area contributed by atoms with E-state index in [1.54, 1.807) is 0 Å². The molecule has 1 rings (SSSR count). The maximum absolute atomic E-state index is 12.7. The molecule has 0 saturated carbocycles. The fourth-order valence-corrected chi connectivity index (χ4v) is 1.19. The zero-order valence-corrected chi connectivity index (χ0v) is 8.70. The smallest absolute Gasteiger partial charge is 0.478 e. The van der Waals surface area contributed by atoms with Gasteiger partial charge in [-0.15, -0.1) is 13.2 Å². The van der Waals surface area contributed by atoms with Crippen molar-refractivity contribution in [2.45, 2.75) is 12.8 Å². The van der Waals surface area contributed by atoms with E-state index in [2.05, 4.69) is 9.72 Å². The molecule has 102 valence electrons. The number of aromatic carboxylic acids is 1. The number of carboxylic acid groups (broad SMARTS) is 1. The van der Waals surface area contributed by atoms with E-state index in [1.165, 1.54) is 0 Å². The van der Waals surface area contributed by atoms with Crippen LogP contribution in [0.1, 0.15) is 28.0 Å². The molecule has 0 saturated heterocycles. The van der Waals surface area contributed by atoms with E-state index in [0.717, 1.165) is 6.07 Å². The molecule has 0 atom stereocenters. The molecule has 0 aliphatic rings. The van der Waals surface area contributed by atoms with Crippen molar-refractivity contribution in [2.24, 2.45) is 0 Å². The summed E-state index contributed by atoms with van der Waals surface area (Å²) in [5.74, 6) is -3.52. The van der Waals surface area contributed by atoms with Crippen LogP contribution in [0.25, 0.3) is 0 Å². The third-order valence-electron chi connectivity index (χ3n) is 1.84. The summed E-state index contributed by atoms with van der Waals surface area (Å²) >= 11 is 0. The average Bonchev–Trinajstić information content (AvgIpc) is 2.25. The molecule has 0 aliphatic carbocycles. The van der Waals surface area contributed by atoms with Gasteiger partial charge in [-0.05, 0) is 0 Å². The number of ether oxygens (including phenoxy) is 1. The molecule has 5 nitrogen and oxygen atoms in total. The Bertz CT molecular complexity index is 550. The third kappa shape index (κ3) is 3.27. The number of hydrogen-bond acceptors (Lipinski definition) is 4. The quantitative estimate of drug-likeness (QED) is 0.861. The van der Waals surface area contributed by atoms with Crippen molar-refractivity contribution in [1.82, 2.24) is 4.98 Å². The van der Waals surface area contributed by atoms with Crippen LogP contribution in [0.15, 0.2) is 6.20 Å². The first kappa shape index (κ1) is 14.6. The second kappa shape index (κ2) is 5.05. The van der Waals surface area contributed by atoms with E-state index < -0.39 is 41.3 Å². The molecule has 0 fully saturated rings. The van der Waals surface area contributed by atoms with Gasteiger partial charge in [0.05, 0.1) is 11.1 Å². The second-order valence-electron chi connectivity index (χ2n) is 3.03. The van der Waals surface area contributed by atoms with E-state index in [4.69, 9.17) is 10.4 Å². The number of nitrogens with zero attached hydrogens (tertiary/aromatic N) is 2. The topological polar surface area (TPSA) is 83.2 Å². The Balaban J connectivity index is 3.59. The number of halogens is 5. The van der Waals surface area contributed by atoms with Crippen molar-refractivity contribution in [2.75, 3.05) is 0 Å². The third-order valence-corrected chi connectivity index (χ3v) is 1.84. The van der Waals surface area contributed by atoms with Gasteiger partial charge in [-0.2, -0.15) is 5.26 Å². The zero-order valence-electron chi connectivity index (χ0n) is 8.70. The fraction of sp³-hybridized carbons (Fsp3) is 0.222. The summed E-state index contributed by atoms with van der Waals surface area (Å²) in [5, 5.41) is 17.1. The summed E-state index contributed by atoms with van der Waals surface area (Å²) in [6, 6.07) is 1.12. The summed E-state index contributed by atoms with van der Waals surface area (Å²) in [7, 11) is 0. The lowest BCUT2D eigenvalue weighted by Gasteiger charge is -2.15. The van der Waals surface area contributed by atoms with Crippen LogP contribution in [0.4, 0.5) is 22.0 Å². The lowest BCUT2D eigenvalue weighted by atomic mass is 10.1. The minimum Gasteiger partial charge on any atom is -0.478 e. The Morgan fingerprint density at radius 3 is 2.42 bits per heavy atom. The molecule has 10 heteroatoms. The molecule has 0 radical (unpaired) electrons. The normalized spacial score (nSPS) is 11.2. The van der Waals surface area contributed by atoms with Crippen molar-refractivity contribution >= 4 is 5.97 Å². The van der Waals surface area contributed by atoms with Gasteiger partial charge < -0.3 is 9.84 Å². The number of aromatic nitrogens is 1. The Kier molecular flexibility index (Phi) is 3.89. The first-order valence-electron chi connectivity index (χ1n) is 4.37. The monoisotopic (exact) mass is 282 g/mol. The van der Waals surface area contributed by atoms with Crippen LogP contribution in [0, 0.1) is 11.3 Å². The molecule has 0 aromatic carbocycles. The van der Waals surface area contributed by atoms with Gasteiger partial charge in [0.2, 0.25) is 0 Å². The standard InChI is InChI=1S/C9H3F5N2O3/c10-7(11)5-3(8(17)18)2-16-4(1-15)6(5)19-9(12,13)14/h2,7H,(H,17,18). The number of alkyl halides is 5. The molecule has 1 aromatic rings. The van der Waals surface area contributed by atoms with E-state index in [9.17, 15) is 26.7 Å². The highest BCUT2D eigenvalue weighted by molar-refractivity contribution is 5.90. The summed E-state index contributed by atoms with van der Waals surface area (Å²) in [6.45, 7) is 0. The molecule has 0 bridgehead atoms. The summed E-state index contributed by atoms with van der Waals surface area (Å²) in [6.07, 6.45) is -8.59. The van der Waals surface area contributed by atoms with Gasteiger partial charge in [-0.3, -0.25) is 0 Å². The fourth-order valence-electron chi connectivity index (χ4n) is 1.19. The number of carboxylic acids is 1. The van der Waals surface area contributed by atoms with Gasteiger partial charge in [-0.25, -0.2) is 18.6 Å². The number of carbonyl (C=O) groups is 1. The maximum Gasteiger partial charge on any atom is 0.573 e. The number of nitriles is 1. The van der Waals surface area contributed by atoms with Gasteiger partial charge in [0.25, 0.3) is 6.43 Å². The van der Waals surface area contributed by atoms with Gasteiger partial charge in [-0.1, -0.05) is 0 Å². The van der Waals surface area contributed by atoms with Gasteiger partial charge >= 0.3 is 12.3 Å². The SMILES string of the molecule is N#Cc1ncc(C(=O)O)c(C(F)F)c1OC(F)(F)F. The second-order valence-corrected chi connectivity index (χ2v) is 3.03. The molecular formula is C9H3F5N2O3. The van der Waals surface area contributed by atoms with E-state index in [0.29, 0.717) is 6.20 Å². The van der Waals surface area contributed by atoms with Gasteiger partial charge in [0.15, 0.2) is 11.4 Å². The van der Waals surface area contributed by atoms with Gasteiger partial charge in [0, 0.05) is 6.20 Å². The predicted molar refractivity (Wildman–Crippen MR) is 47.6 cm³/mol. The Hall–Kier alpha value is -2.44. The largest absolute Gasteiger partial charge is 0.573 e. The summed E-state index contributed by atoms with van der Waals surface area (Å²) in [5.41, 5.74) is -3.80. The average molecular weight is 282 g/mol. The highest BCUT2D eigenvalue weighted by atomic mass is 19.4. The number of hydrogen-bond donors (Lipinski definition) is 1. The van der Waals surface area contributed by atoms with Crippen LogP contribution in [0.5, 0.6) is 5.75 Å².